The summed E-state index contributed by atoms with van der Waals surface area (Å²) in [4.78, 5) is 14.7. The second kappa shape index (κ2) is 4.65. The molecule has 0 aromatic carbocycles. The van der Waals surface area contributed by atoms with Gasteiger partial charge in [0.15, 0.2) is 5.69 Å². The maximum Gasteiger partial charge on any atom is 0.356 e. The fourth-order valence-corrected chi connectivity index (χ4v) is 1.48. The maximum absolute atomic E-state index is 10.9. The van der Waals surface area contributed by atoms with E-state index in [9.17, 15) is 4.79 Å². The molecular formula is C11H12N4O2. The summed E-state index contributed by atoms with van der Waals surface area (Å²) in [5.41, 5.74) is 1.51. The van der Waals surface area contributed by atoms with Crippen molar-refractivity contribution in [3.05, 3.63) is 42.0 Å². The Kier molecular flexibility index (Phi) is 3.04. The normalized spacial score (nSPS) is 10.2. The maximum atomic E-state index is 10.9. The van der Waals surface area contributed by atoms with E-state index in [1.54, 1.807) is 23.0 Å². The third-order valence-corrected chi connectivity index (χ3v) is 2.25. The Morgan fingerprint density at radius 3 is 3.06 bits per heavy atom. The summed E-state index contributed by atoms with van der Waals surface area (Å²) < 4.78 is 1.69. The van der Waals surface area contributed by atoms with Gasteiger partial charge in [0, 0.05) is 31.5 Å². The molecule has 2 N–H and O–H groups in total. The van der Waals surface area contributed by atoms with Crippen molar-refractivity contribution in [1.82, 2.24) is 14.8 Å². The Labute approximate surface area is 97.9 Å². The molecule has 0 atom stereocenters. The first kappa shape index (κ1) is 11.1. The molecule has 2 heterocycles. The molecular weight excluding hydrogens is 220 g/mol. The Bertz CT molecular complexity index is 536. The van der Waals surface area contributed by atoms with E-state index in [1.165, 1.54) is 6.20 Å². The molecule has 0 bridgehead atoms. The number of nitrogens with zero attached hydrogens (tertiary/aromatic N) is 3. The third kappa shape index (κ3) is 2.60. The number of hydrogen-bond donors (Lipinski definition) is 2. The van der Waals surface area contributed by atoms with Crippen LogP contribution in [-0.2, 0) is 13.6 Å². The number of pyridine rings is 1. The third-order valence-electron chi connectivity index (χ3n) is 2.25. The van der Waals surface area contributed by atoms with Crippen LogP contribution in [0.1, 0.15) is 16.1 Å². The Morgan fingerprint density at radius 2 is 2.41 bits per heavy atom. The number of carboxylic acids is 1. The lowest BCUT2D eigenvalue weighted by atomic mass is 10.2. The van der Waals surface area contributed by atoms with Gasteiger partial charge in [-0.05, 0) is 12.1 Å². The second-order valence-electron chi connectivity index (χ2n) is 3.58. The van der Waals surface area contributed by atoms with E-state index >= 15 is 0 Å². The highest BCUT2D eigenvalue weighted by Crippen LogP contribution is 2.13. The first-order chi connectivity index (χ1) is 8.16. The molecule has 0 spiro atoms. The minimum absolute atomic E-state index is 0.0244. The molecule has 0 aliphatic heterocycles. The summed E-state index contributed by atoms with van der Waals surface area (Å²) in [5, 5.41) is 16.0. The molecule has 0 fully saturated rings. The largest absolute Gasteiger partial charge is 0.476 e. The number of anilines is 1. The van der Waals surface area contributed by atoms with Crippen LogP contribution in [0, 0.1) is 0 Å². The van der Waals surface area contributed by atoms with E-state index in [-0.39, 0.29) is 5.69 Å². The number of aryl methyl sites for hydroxylation is 1. The van der Waals surface area contributed by atoms with E-state index in [1.807, 2.05) is 13.2 Å². The standard InChI is InChI=1S/C11H12N4O2/c1-15-7-8(6-14-15)5-13-9-3-2-4-12-10(9)11(16)17/h2-4,6-7,13H,5H2,1H3,(H,16,17). The van der Waals surface area contributed by atoms with Crippen molar-refractivity contribution in [2.45, 2.75) is 6.54 Å². The quantitative estimate of drug-likeness (QED) is 0.825. The van der Waals surface area contributed by atoms with Gasteiger partial charge in [-0.3, -0.25) is 4.68 Å². The zero-order valence-corrected chi connectivity index (χ0v) is 9.29. The zero-order chi connectivity index (χ0) is 12.3. The van der Waals surface area contributed by atoms with Gasteiger partial charge in [-0.15, -0.1) is 0 Å². The number of carboxylic acid groups (broad SMARTS) is 1. The fraction of sp³-hybridized carbons (Fsp3) is 0.182. The molecule has 0 amide bonds. The lowest BCUT2D eigenvalue weighted by Gasteiger charge is -2.06. The van der Waals surface area contributed by atoms with Gasteiger partial charge >= 0.3 is 5.97 Å². The van der Waals surface area contributed by atoms with Gasteiger partial charge < -0.3 is 10.4 Å². The average molecular weight is 232 g/mol. The highest BCUT2D eigenvalue weighted by Gasteiger charge is 2.10. The van der Waals surface area contributed by atoms with Crippen molar-refractivity contribution in [3.8, 4) is 0 Å². The minimum Gasteiger partial charge on any atom is -0.476 e. The number of aromatic nitrogens is 3. The lowest BCUT2D eigenvalue weighted by Crippen LogP contribution is -2.07. The van der Waals surface area contributed by atoms with Crippen molar-refractivity contribution in [3.63, 3.8) is 0 Å². The van der Waals surface area contributed by atoms with Crippen molar-refractivity contribution in [2.24, 2.45) is 7.05 Å². The Balaban J connectivity index is 2.11. The molecule has 17 heavy (non-hydrogen) atoms. The highest BCUT2D eigenvalue weighted by atomic mass is 16.4. The van der Waals surface area contributed by atoms with Gasteiger partial charge in [0.1, 0.15) is 0 Å². The smallest absolute Gasteiger partial charge is 0.356 e. The van der Waals surface area contributed by atoms with Crippen LogP contribution < -0.4 is 5.32 Å². The predicted octanol–water partition coefficient (Wildman–Crippen LogP) is 1.13. The fourth-order valence-electron chi connectivity index (χ4n) is 1.48. The number of nitrogens with one attached hydrogen (secondary N) is 1. The molecule has 0 saturated heterocycles. The van der Waals surface area contributed by atoms with E-state index in [0.717, 1.165) is 5.56 Å². The summed E-state index contributed by atoms with van der Waals surface area (Å²) in [5.74, 6) is -1.04. The summed E-state index contributed by atoms with van der Waals surface area (Å²) in [6.07, 6.45) is 5.05. The van der Waals surface area contributed by atoms with Crippen molar-refractivity contribution < 1.29 is 9.90 Å². The van der Waals surface area contributed by atoms with Gasteiger partial charge in [-0.25, -0.2) is 9.78 Å². The topological polar surface area (TPSA) is 80.0 Å². The van der Waals surface area contributed by atoms with E-state index in [2.05, 4.69) is 15.4 Å². The molecule has 88 valence electrons. The van der Waals surface area contributed by atoms with Crippen LogP contribution in [0.25, 0.3) is 0 Å². The van der Waals surface area contributed by atoms with Crippen LogP contribution in [-0.4, -0.2) is 25.8 Å². The molecule has 2 aromatic rings. The number of aromatic carboxylic acids is 1. The zero-order valence-electron chi connectivity index (χ0n) is 9.29. The summed E-state index contributed by atoms with van der Waals surface area (Å²) in [6, 6.07) is 3.38. The van der Waals surface area contributed by atoms with Crippen LogP contribution in [0.15, 0.2) is 30.7 Å². The van der Waals surface area contributed by atoms with E-state index < -0.39 is 5.97 Å². The molecule has 0 radical (unpaired) electrons. The van der Waals surface area contributed by atoms with Crippen LogP contribution in [0.4, 0.5) is 5.69 Å². The summed E-state index contributed by atoms with van der Waals surface area (Å²) in [7, 11) is 1.83. The Morgan fingerprint density at radius 1 is 1.59 bits per heavy atom. The second-order valence-corrected chi connectivity index (χ2v) is 3.58. The van der Waals surface area contributed by atoms with Crippen LogP contribution in [0.3, 0.4) is 0 Å². The molecule has 6 nitrogen and oxygen atoms in total. The van der Waals surface area contributed by atoms with Crippen molar-refractivity contribution >= 4 is 11.7 Å². The van der Waals surface area contributed by atoms with Crippen molar-refractivity contribution in [1.29, 1.82) is 0 Å². The molecule has 0 aliphatic rings. The molecule has 2 aromatic heterocycles. The first-order valence-corrected chi connectivity index (χ1v) is 5.06. The first-order valence-electron chi connectivity index (χ1n) is 5.06. The van der Waals surface area contributed by atoms with Crippen molar-refractivity contribution in [2.75, 3.05) is 5.32 Å². The van der Waals surface area contributed by atoms with Gasteiger partial charge in [0.2, 0.25) is 0 Å². The molecule has 0 aliphatic carbocycles. The average Bonchev–Trinajstić information content (AvgIpc) is 2.73. The van der Waals surface area contributed by atoms with Gasteiger partial charge in [0.25, 0.3) is 0 Å². The molecule has 6 heteroatoms. The van der Waals surface area contributed by atoms with Gasteiger partial charge in [-0.1, -0.05) is 0 Å². The molecule has 0 saturated carbocycles. The lowest BCUT2D eigenvalue weighted by molar-refractivity contribution is 0.0691. The van der Waals surface area contributed by atoms with Gasteiger partial charge in [-0.2, -0.15) is 5.10 Å². The summed E-state index contributed by atoms with van der Waals surface area (Å²) in [6.45, 7) is 0.514. The van der Waals surface area contributed by atoms with Crippen LogP contribution >= 0.6 is 0 Å². The minimum atomic E-state index is -1.04. The summed E-state index contributed by atoms with van der Waals surface area (Å²) >= 11 is 0. The van der Waals surface area contributed by atoms with Gasteiger partial charge in [0.05, 0.1) is 11.9 Å². The van der Waals surface area contributed by atoms with Crippen LogP contribution in [0.5, 0.6) is 0 Å². The molecule has 2 rings (SSSR count). The Hall–Kier alpha value is -2.37. The number of hydrogen-bond acceptors (Lipinski definition) is 4. The monoisotopic (exact) mass is 232 g/mol. The van der Waals surface area contributed by atoms with E-state index in [4.69, 9.17) is 5.11 Å². The number of carbonyl (C=O) groups is 1. The van der Waals surface area contributed by atoms with Crippen LogP contribution in [0.2, 0.25) is 0 Å². The molecule has 0 unspecified atom stereocenters. The highest BCUT2D eigenvalue weighted by molar-refractivity contribution is 5.91. The SMILES string of the molecule is Cn1cc(CNc2cccnc2C(=O)O)cn1. The number of rotatable bonds is 4. The predicted molar refractivity (Wildman–Crippen MR) is 61.7 cm³/mol. The van der Waals surface area contributed by atoms with E-state index in [0.29, 0.717) is 12.2 Å².